The van der Waals surface area contributed by atoms with Gasteiger partial charge < -0.3 is 9.84 Å². The fourth-order valence-electron chi connectivity index (χ4n) is 1.41. The number of methoxy groups -OCH3 is 1. The van der Waals surface area contributed by atoms with Crippen molar-refractivity contribution in [2.45, 2.75) is 19.3 Å². The van der Waals surface area contributed by atoms with Crippen LogP contribution in [-0.4, -0.2) is 18.2 Å². The summed E-state index contributed by atoms with van der Waals surface area (Å²) >= 11 is 0. The second-order valence-corrected chi connectivity index (χ2v) is 4.15. The molecule has 0 atom stereocenters. The van der Waals surface area contributed by atoms with Crippen LogP contribution in [0.4, 0.5) is 0 Å². The van der Waals surface area contributed by atoms with E-state index in [2.05, 4.69) is 11.3 Å². The van der Waals surface area contributed by atoms with Crippen LogP contribution in [0.25, 0.3) is 0 Å². The zero-order valence-corrected chi connectivity index (χ0v) is 9.78. The summed E-state index contributed by atoms with van der Waals surface area (Å²) in [7, 11) is 1.33. The first-order valence-corrected chi connectivity index (χ1v) is 4.98. The van der Waals surface area contributed by atoms with Crippen molar-refractivity contribution in [1.82, 2.24) is 0 Å². The van der Waals surface area contributed by atoms with Crippen LogP contribution in [0.5, 0.6) is 5.75 Å². The Balaban J connectivity index is 3.29. The quantitative estimate of drug-likeness (QED) is 0.629. The molecule has 0 saturated heterocycles. The van der Waals surface area contributed by atoms with E-state index in [-0.39, 0.29) is 5.75 Å². The lowest BCUT2D eigenvalue weighted by Crippen LogP contribution is -2.14. The van der Waals surface area contributed by atoms with E-state index in [1.54, 1.807) is 12.1 Å². The molecule has 1 aromatic carbocycles. The van der Waals surface area contributed by atoms with Gasteiger partial charge in [0.2, 0.25) is 0 Å². The average molecular weight is 220 g/mol. The standard InChI is InChI=1S/C13H16O3/c1-5-13(2,3)10-8-9(12(15)16-4)6-7-11(10)14/h5-8,14H,1H2,2-4H3. The number of carbonyl (C=O) groups excluding carboxylic acids is 1. The largest absolute Gasteiger partial charge is 0.508 e. The molecule has 3 heteroatoms. The first kappa shape index (κ1) is 12.3. The molecule has 0 aliphatic carbocycles. The average Bonchev–Trinajstić information content (AvgIpc) is 2.28. The molecule has 0 aliphatic heterocycles. The van der Waals surface area contributed by atoms with Crippen molar-refractivity contribution in [3.63, 3.8) is 0 Å². The second kappa shape index (κ2) is 4.39. The molecular formula is C13H16O3. The molecule has 1 rings (SSSR count). The van der Waals surface area contributed by atoms with Crippen molar-refractivity contribution in [3.8, 4) is 5.75 Å². The van der Waals surface area contributed by atoms with E-state index in [1.165, 1.54) is 19.2 Å². The maximum atomic E-state index is 11.4. The molecule has 0 fully saturated rings. The van der Waals surface area contributed by atoms with E-state index in [0.29, 0.717) is 11.1 Å². The summed E-state index contributed by atoms with van der Waals surface area (Å²) in [6, 6.07) is 4.65. The Morgan fingerprint density at radius 3 is 2.62 bits per heavy atom. The molecule has 0 aromatic heterocycles. The van der Waals surface area contributed by atoms with Gasteiger partial charge in [0.25, 0.3) is 0 Å². The Kier molecular flexibility index (Phi) is 3.38. The van der Waals surface area contributed by atoms with Gasteiger partial charge in [-0.25, -0.2) is 4.79 Å². The second-order valence-electron chi connectivity index (χ2n) is 4.15. The Bertz CT molecular complexity index is 419. The molecule has 0 spiro atoms. The molecule has 0 bridgehead atoms. The smallest absolute Gasteiger partial charge is 0.337 e. The van der Waals surface area contributed by atoms with E-state index in [4.69, 9.17) is 0 Å². The first-order chi connectivity index (χ1) is 7.42. The van der Waals surface area contributed by atoms with Crippen LogP contribution in [0, 0.1) is 0 Å². The number of phenols is 1. The van der Waals surface area contributed by atoms with Gasteiger partial charge in [-0.1, -0.05) is 19.9 Å². The van der Waals surface area contributed by atoms with Crippen molar-refractivity contribution in [3.05, 3.63) is 42.0 Å². The van der Waals surface area contributed by atoms with Crippen LogP contribution in [0.1, 0.15) is 29.8 Å². The summed E-state index contributed by atoms with van der Waals surface area (Å²) in [5.41, 5.74) is 0.685. The highest BCUT2D eigenvalue weighted by atomic mass is 16.5. The van der Waals surface area contributed by atoms with Crippen LogP contribution in [0.2, 0.25) is 0 Å². The lowest BCUT2D eigenvalue weighted by molar-refractivity contribution is 0.0600. The zero-order valence-electron chi connectivity index (χ0n) is 9.78. The molecule has 1 aromatic rings. The number of hydrogen-bond donors (Lipinski definition) is 1. The third kappa shape index (κ3) is 2.24. The predicted molar refractivity (Wildman–Crippen MR) is 62.7 cm³/mol. The maximum absolute atomic E-state index is 11.4. The van der Waals surface area contributed by atoms with Gasteiger partial charge in [-0.2, -0.15) is 0 Å². The van der Waals surface area contributed by atoms with Crippen molar-refractivity contribution in [2.24, 2.45) is 0 Å². The van der Waals surface area contributed by atoms with Crippen molar-refractivity contribution >= 4 is 5.97 Å². The molecule has 0 heterocycles. The number of phenolic OH excluding ortho intramolecular Hbond substituents is 1. The van der Waals surface area contributed by atoms with E-state index in [0.717, 1.165) is 0 Å². The molecule has 0 radical (unpaired) electrons. The maximum Gasteiger partial charge on any atom is 0.337 e. The molecule has 0 unspecified atom stereocenters. The van der Waals surface area contributed by atoms with Gasteiger partial charge in [-0.05, 0) is 18.2 Å². The van der Waals surface area contributed by atoms with Crippen LogP contribution < -0.4 is 0 Å². The van der Waals surface area contributed by atoms with E-state index >= 15 is 0 Å². The third-order valence-electron chi connectivity index (χ3n) is 2.62. The van der Waals surface area contributed by atoms with E-state index in [1.807, 2.05) is 13.8 Å². The van der Waals surface area contributed by atoms with Gasteiger partial charge in [0, 0.05) is 11.0 Å². The number of aromatic hydroxyl groups is 1. The van der Waals surface area contributed by atoms with Crippen molar-refractivity contribution in [2.75, 3.05) is 7.11 Å². The monoisotopic (exact) mass is 220 g/mol. The molecule has 1 N–H and O–H groups in total. The number of rotatable bonds is 3. The van der Waals surface area contributed by atoms with Crippen LogP contribution in [-0.2, 0) is 10.2 Å². The molecule has 3 nitrogen and oxygen atoms in total. The topological polar surface area (TPSA) is 46.5 Å². The highest BCUT2D eigenvalue weighted by Crippen LogP contribution is 2.32. The molecule has 0 amide bonds. The van der Waals surface area contributed by atoms with Gasteiger partial charge in [-0.15, -0.1) is 6.58 Å². The van der Waals surface area contributed by atoms with Gasteiger partial charge in [0.05, 0.1) is 12.7 Å². The number of benzene rings is 1. The van der Waals surface area contributed by atoms with E-state index < -0.39 is 11.4 Å². The Hall–Kier alpha value is -1.77. The van der Waals surface area contributed by atoms with Crippen LogP contribution in [0.15, 0.2) is 30.9 Å². The summed E-state index contributed by atoms with van der Waals surface area (Å²) in [5.74, 6) is -0.265. The highest BCUT2D eigenvalue weighted by Gasteiger charge is 2.21. The summed E-state index contributed by atoms with van der Waals surface area (Å²) in [6.07, 6.45) is 1.73. The summed E-state index contributed by atoms with van der Waals surface area (Å²) < 4.78 is 4.63. The van der Waals surface area contributed by atoms with Gasteiger partial charge >= 0.3 is 5.97 Å². The Labute approximate surface area is 95.4 Å². The fraction of sp³-hybridized carbons (Fsp3) is 0.308. The lowest BCUT2D eigenvalue weighted by Gasteiger charge is -2.22. The number of carbonyl (C=O) groups is 1. The lowest BCUT2D eigenvalue weighted by atomic mass is 9.83. The molecule has 0 saturated carbocycles. The molecule has 0 aliphatic rings. The zero-order chi connectivity index (χ0) is 12.3. The van der Waals surface area contributed by atoms with Gasteiger partial charge in [0.15, 0.2) is 0 Å². The minimum Gasteiger partial charge on any atom is -0.508 e. The van der Waals surface area contributed by atoms with Crippen molar-refractivity contribution < 1.29 is 14.6 Å². The number of hydrogen-bond acceptors (Lipinski definition) is 3. The van der Waals surface area contributed by atoms with Crippen LogP contribution >= 0.6 is 0 Å². The summed E-state index contributed by atoms with van der Waals surface area (Å²) in [6.45, 7) is 7.54. The van der Waals surface area contributed by atoms with Crippen molar-refractivity contribution in [1.29, 1.82) is 0 Å². The molecule has 86 valence electrons. The minimum atomic E-state index is -0.416. The first-order valence-electron chi connectivity index (χ1n) is 4.98. The SMILES string of the molecule is C=CC(C)(C)c1cc(C(=O)OC)ccc1O. The molecule has 16 heavy (non-hydrogen) atoms. The number of esters is 1. The predicted octanol–water partition coefficient (Wildman–Crippen LogP) is 2.64. The number of allylic oxidation sites excluding steroid dienone is 1. The Morgan fingerprint density at radius 1 is 1.50 bits per heavy atom. The van der Waals surface area contributed by atoms with Gasteiger partial charge in [0.1, 0.15) is 5.75 Å². The highest BCUT2D eigenvalue weighted by molar-refractivity contribution is 5.89. The van der Waals surface area contributed by atoms with Gasteiger partial charge in [-0.3, -0.25) is 0 Å². The fourth-order valence-corrected chi connectivity index (χ4v) is 1.41. The molecular weight excluding hydrogens is 204 g/mol. The minimum absolute atomic E-state index is 0.151. The van der Waals surface area contributed by atoms with E-state index in [9.17, 15) is 9.90 Å². The Morgan fingerprint density at radius 2 is 2.12 bits per heavy atom. The summed E-state index contributed by atoms with van der Waals surface area (Å²) in [4.78, 5) is 11.4. The van der Waals surface area contributed by atoms with Crippen LogP contribution in [0.3, 0.4) is 0 Å². The third-order valence-corrected chi connectivity index (χ3v) is 2.62. The number of ether oxygens (including phenoxy) is 1. The summed E-state index contributed by atoms with van der Waals surface area (Å²) in [5, 5.41) is 9.76. The normalized spacial score (nSPS) is 10.9.